The lowest BCUT2D eigenvalue weighted by Crippen LogP contribution is -2.37. The molecular formula is C21H26FN3O2. The molecule has 3 rings (SSSR count). The molecule has 144 valence electrons. The van der Waals surface area contributed by atoms with Gasteiger partial charge in [-0.1, -0.05) is 6.07 Å². The minimum atomic E-state index is -0.264. The zero-order chi connectivity index (χ0) is 18.9. The van der Waals surface area contributed by atoms with Gasteiger partial charge in [-0.3, -0.25) is 9.78 Å². The zero-order valence-electron chi connectivity index (χ0n) is 15.4. The van der Waals surface area contributed by atoms with E-state index < -0.39 is 0 Å². The molecular weight excluding hydrogens is 345 g/mol. The molecule has 1 amide bonds. The topological polar surface area (TPSA) is 54.5 Å². The van der Waals surface area contributed by atoms with Crippen LogP contribution in [0.5, 0.6) is 5.75 Å². The van der Waals surface area contributed by atoms with E-state index in [1.165, 1.54) is 12.1 Å². The first-order chi connectivity index (χ1) is 13.2. The molecule has 6 heteroatoms. The Morgan fingerprint density at radius 2 is 2.07 bits per heavy atom. The van der Waals surface area contributed by atoms with Gasteiger partial charge in [-0.25, -0.2) is 4.39 Å². The van der Waals surface area contributed by atoms with Crippen LogP contribution in [0.4, 0.5) is 4.39 Å². The van der Waals surface area contributed by atoms with Crippen molar-refractivity contribution in [3.63, 3.8) is 0 Å². The molecule has 2 heterocycles. The van der Waals surface area contributed by atoms with Crippen molar-refractivity contribution in [2.45, 2.75) is 31.7 Å². The SMILES string of the molecule is O=C1CC[C@H](CCNCCOc2ccc(F)cc2)N1CCc1cccnc1. The zero-order valence-corrected chi connectivity index (χ0v) is 15.4. The maximum Gasteiger partial charge on any atom is 0.222 e. The molecule has 0 spiro atoms. The van der Waals surface area contributed by atoms with E-state index in [4.69, 9.17) is 4.74 Å². The van der Waals surface area contributed by atoms with Gasteiger partial charge in [0.2, 0.25) is 5.91 Å². The van der Waals surface area contributed by atoms with Gasteiger partial charge in [-0.15, -0.1) is 0 Å². The highest BCUT2D eigenvalue weighted by Crippen LogP contribution is 2.21. The largest absolute Gasteiger partial charge is 0.492 e. The number of amides is 1. The van der Waals surface area contributed by atoms with E-state index in [1.54, 1.807) is 18.3 Å². The highest BCUT2D eigenvalue weighted by molar-refractivity contribution is 5.78. The first kappa shape index (κ1) is 19.3. The summed E-state index contributed by atoms with van der Waals surface area (Å²) in [5, 5.41) is 3.36. The van der Waals surface area contributed by atoms with E-state index >= 15 is 0 Å². The molecule has 2 aromatic rings. The number of carbonyl (C=O) groups is 1. The lowest BCUT2D eigenvalue weighted by molar-refractivity contribution is -0.129. The lowest BCUT2D eigenvalue weighted by Gasteiger charge is -2.25. The number of rotatable bonds is 10. The molecule has 5 nitrogen and oxygen atoms in total. The molecule has 1 aliphatic rings. The number of pyridine rings is 1. The summed E-state index contributed by atoms with van der Waals surface area (Å²) >= 11 is 0. The predicted octanol–water partition coefficient (Wildman–Crippen LogP) is 2.81. The van der Waals surface area contributed by atoms with Gasteiger partial charge in [-0.05, 0) is 61.7 Å². The third kappa shape index (κ3) is 6.03. The second-order valence-corrected chi connectivity index (χ2v) is 6.73. The van der Waals surface area contributed by atoms with Crippen molar-refractivity contribution in [1.82, 2.24) is 15.2 Å². The molecule has 1 aromatic carbocycles. The van der Waals surface area contributed by atoms with E-state index in [9.17, 15) is 9.18 Å². The van der Waals surface area contributed by atoms with Crippen LogP contribution in [0.2, 0.25) is 0 Å². The number of halogens is 1. The molecule has 27 heavy (non-hydrogen) atoms. The fraction of sp³-hybridized carbons (Fsp3) is 0.429. The fourth-order valence-electron chi connectivity index (χ4n) is 3.36. The van der Waals surface area contributed by atoms with Crippen molar-refractivity contribution >= 4 is 5.91 Å². The van der Waals surface area contributed by atoms with Gasteiger partial charge >= 0.3 is 0 Å². The Hall–Kier alpha value is -2.47. The molecule has 0 bridgehead atoms. The molecule has 1 aliphatic heterocycles. The Morgan fingerprint density at radius 1 is 1.22 bits per heavy atom. The van der Waals surface area contributed by atoms with Crippen LogP contribution in [-0.2, 0) is 11.2 Å². The Kier molecular flexibility index (Phi) is 7.16. The summed E-state index contributed by atoms with van der Waals surface area (Å²) in [6, 6.07) is 10.3. The Labute approximate surface area is 159 Å². The van der Waals surface area contributed by atoms with E-state index in [0.717, 1.165) is 37.9 Å². The third-order valence-electron chi connectivity index (χ3n) is 4.83. The number of nitrogens with zero attached hydrogens (tertiary/aromatic N) is 2. The van der Waals surface area contributed by atoms with Crippen LogP contribution < -0.4 is 10.1 Å². The lowest BCUT2D eigenvalue weighted by atomic mass is 10.1. The third-order valence-corrected chi connectivity index (χ3v) is 4.83. The summed E-state index contributed by atoms with van der Waals surface area (Å²) in [6.07, 6.45) is 6.98. The molecule has 0 unspecified atom stereocenters. The summed E-state index contributed by atoms with van der Waals surface area (Å²) in [6.45, 7) is 2.84. The van der Waals surface area contributed by atoms with E-state index in [0.29, 0.717) is 31.4 Å². The summed E-state index contributed by atoms with van der Waals surface area (Å²) in [7, 11) is 0. The van der Waals surface area contributed by atoms with Crippen LogP contribution in [0, 0.1) is 5.82 Å². The second kappa shape index (κ2) is 10.0. The predicted molar refractivity (Wildman–Crippen MR) is 102 cm³/mol. The minimum Gasteiger partial charge on any atom is -0.492 e. The first-order valence-electron chi connectivity index (χ1n) is 9.50. The number of carbonyl (C=O) groups excluding carboxylic acids is 1. The number of aromatic nitrogens is 1. The van der Waals surface area contributed by atoms with Crippen LogP contribution >= 0.6 is 0 Å². The maximum absolute atomic E-state index is 12.8. The number of ether oxygens (including phenoxy) is 1. The molecule has 1 fully saturated rings. The Morgan fingerprint density at radius 3 is 2.85 bits per heavy atom. The second-order valence-electron chi connectivity index (χ2n) is 6.73. The quantitative estimate of drug-likeness (QED) is 0.653. The summed E-state index contributed by atoms with van der Waals surface area (Å²) in [5.41, 5.74) is 1.16. The standard InChI is InChI=1S/C21H26FN3O2/c22-18-3-6-20(7-4-18)27-15-13-23-12-9-19-5-8-21(26)25(19)14-10-17-2-1-11-24-16-17/h1-4,6-7,11,16,19,23H,5,8-10,12-15H2/t19-/m1/s1. The molecule has 0 saturated carbocycles. The van der Waals surface area contributed by atoms with Crippen molar-refractivity contribution in [3.8, 4) is 5.75 Å². The van der Waals surface area contributed by atoms with Crippen LogP contribution in [0.3, 0.4) is 0 Å². The average molecular weight is 371 g/mol. The number of hydrogen-bond donors (Lipinski definition) is 1. The van der Waals surface area contributed by atoms with Crippen LogP contribution in [-0.4, -0.2) is 48.1 Å². The Bertz CT molecular complexity index is 709. The van der Waals surface area contributed by atoms with E-state index in [1.807, 2.05) is 23.2 Å². The van der Waals surface area contributed by atoms with Gasteiger partial charge in [-0.2, -0.15) is 0 Å². The summed E-state index contributed by atoms with van der Waals surface area (Å²) in [5.74, 6) is 0.657. The van der Waals surface area contributed by atoms with Gasteiger partial charge in [0, 0.05) is 37.9 Å². The highest BCUT2D eigenvalue weighted by Gasteiger charge is 2.29. The van der Waals surface area contributed by atoms with Gasteiger partial charge in [0.05, 0.1) is 0 Å². The van der Waals surface area contributed by atoms with Crippen molar-refractivity contribution in [2.75, 3.05) is 26.2 Å². The number of benzene rings is 1. The Balaban J connectivity index is 1.33. The molecule has 1 atom stereocenters. The van der Waals surface area contributed by atoms with Crippen molar-refractivity contribution in [1.29, 1.82) is 0 Å². The monoisotopic (exact) mass is 371 g/mol. The normalized spacial score (nSPS) is 16.7. The number of hydrogen-bond acceptors (Lipinski definition) is 4. The minimum absolute atomic E-state index is 0.253. The molecule has 1 saturated heterocycles. The maximum atomic E-state index is 12.8. The van der Waals surface area contributed by atoms with Crippen molar-refractivity contribution in [3.05, 3.63) is 60.2 Å². The average Bonchev–Trinajstić information content (AvgIpc) is 3.04. The van der Waals surface area contributed by atoms with Crippen molar-refractivity contribution < 1.29 is 13.9 Å². The number of nitrogens with one attached hydrogen (secondary N) is 1. The number of likely N-dealkylation sites (tertiary alicyclic amines) is 1. The molecule has 1 N–H and O–H groups in total. The molecule has 0 aliphatic carbocycles. The van der Waals surface area contributed by atoms with Gasteiger partial charge < -0.3 is 15.0 Å². The van der Waals surface area contributed by atoms with Crippen LogP contribution in [0.15, 0.2) is 48.8 Å². The molecule has 0 radical (unpaired) electrons. The summed E-state index contributed by atoms with van der Waals surface area (Å²) < 4.78 is 18.4. The molecule has 1 aromatic heterocycles. The fourth-order valence-corrected chi connectivity index (χ4v) is 3.36. The first-order valence-corrected chi connectivity index (χ1v) is 9.50. The van der Waals surface area contributed by atoms with Crippen LogP contribution in [0.25, 0.3) is 0 Å². The smallest absolute Gasteiger partial charge is 0.222 e. The van der Waals surface area contributed by atoms with E-state index in [2.05, 4.69) is 10.3 Å². The van der Waals surface area contributed by atoms with Gasteiger partial charge in [0.1, 0.15) is 18.2 Å². The van der Waals surface area contributed by atoms with E-state index in [-0.39, 0.29) is 11.7 Å². The van der Waals surface area contributed by atoms with Crippen LogP contribution in [0.1, 0.15) is 24.8 Å². The van der Waals surface area contributed by atoms with Gasteiger partial charge in [0.15, 0.2) is 0 Å². The highest BCUT2D eigenvalue weighted by atomic mass is 19.1. The van der Waals surface area contributed by atoms with Crippen molar-refractivity contribution in [2.24, 2.45) is 0 Å². The van der Waals surface area contributed by atoms with Gasteiger partial charge in [0.25, 0.3) is 0 Å². The summed E-state index contributed by atoms with van der Waals surface area (Å²) in [4.78, 5) is 18.3.